The summed E-state index contributed by atoms with van der Waals surface area (Å²) in [6, 6.07) is 62.0. The van der Waals surface area contributed by atoms with Gasteiger partial charge in [-0.2, -0.15) is 0 Å². The third-order valence-electron chi connectivity index (χ3n) is 9.67. The molecule has 0 saturated heterocycles. The van der Waals surface area contributed by atoms with Crippen molar-refractivity contribution in [1.29, 1.82) is 0 Å². The standard InChI is InChI=1S/C46H29NO2/c1-2-11-32-28-33(21-20-30(32)10-1)31-22-24-34(25-23-31)47(35-26-27-39-37-13-4-7-18-43(37)48-45(39)29-35)42-17-6-3-12-36(42)40-15-9-16-41-38-14-5-8-19-44(38)49-46(40)41/h1-29H. The molecule has 8 aromatic carbocycles. The first kappa shape index (κ1) is 27.5. The van der Waals surface area contributed by atoms with Gasteiger partial charge in [0.15, 0.2) is 0 Å². The largest absolute Gasteiger partial charge is 0.456 e. The lowest BCUT2D eigenvalue weighted by Gasteiger charge is -2.28. The van der Waals surface area contributed by atoms with Crippen LogP contribution < -0.4 is 4.90 Å². The monoisotopic (exact) mass is 627 g/mol. The van der Waals surface area contributed by atoms with Crippen LogP contribution in [0.15, 0.2) is 185 Å². The molecule has 2 aromatic heterocycles. The summed E-state index contributed by atoms with van der Waals surface area (Å²) < 4.78 is 12.9. The third kappa shape index (κ3) is 4.51. The van der Waals surface area contributed by atoms with Crippen LogP contribution in [0.25, 0.3) is 76.9 Å². The van der Waals surface area contributed by atoms with Gasteiger partial charge in [0.2, 0.25) is 0 Å². The Hall–Kier alpha value is -6.58. The van der Waals surface area contributed by atoms with Gasteiger partial charge in [0.1, 0.15) is 22.3 Å². The van der Waals surface area contributed by atoms with Crippen LogP contribution in [0.5, 0.6) is 0 Å². The maximum atomic E-state index is 6.54. The number of hydrogen-bond acceptors (Lipinski definition) is 3. The quantitative estimate of drug-likeness (QED) is 0.190. The normalized spacial score (nSPS) is 11.7. The summed E-state index contributed by atoms with van der Waals surface area (Å²) in [7, 11) is 0. The number of furan rings is 2. The van der Waals surface area contributed by atoms with Crippen molar-refractivity contribution in [2.45, 2.75) is 0 Å². The average molecular weight is 628 g/mol. The molecule has 0 bridgehead atoms. The second kappa shape index (κ2) is 11.0. The minimum Gasteiger partial charge on any atom is -0.456 e. The molecule has 49 heavy (non-hydrogen) atoms. The van der Waals surface area contributed by atoms with Crippen LogP contribution in [0.1, 0.15) is 0 Å². The number of hydrogen-bond donors (Lipinski definition) is 0. The van der Waals surface area contributed by atoms with E-state index in [0.29, 0.717) is 0 Å². The molecule has 0 atom stereocenters. The number of benzene rings is 8. The Bertz CT molecular complexity index is 2840. The Balaban J connectivity index is 1.17. The Labute approximate surface area is 282 Å². The highest BCUT2D eigenvalue weighted by atomic mass is 16.3. The predicted molar refractivity (Wildman–Crippen MR) is 204 cm³/mol. The van der Waals surface area contributed by atoms with E-state index >= 15 is 0 Å². The summed E-state index contributed by atoms with van der Waals surface area (Å²) in [6.45, 7) is 0. The molecule has 0 aliphatic rings. The van der Waals surface area contributed by atoms with E-state index in [9.17, 15) is 0 Å². The van der Waals surface area contributed by atoms with E-state index < -0.39 is 0 Å². The van der Waals surface area contributed by atoms with Gasteiger partial charge in [-0.25, -0.2) is 0 Å². The molecule has 0 spiro atoms. The van der Waals surface area contributed by atoms with Gasteiger partial charge in [0.25, 0.3) is 0 Å². The number of anilines is 3. The van der Waals surface area contributed by atoms with Gasteiger partial charge in [0, 0.05) is 50.1 Å². The fraction of sp³-hybridized carbons (Fsp3) is 0. The zero-order valence-electron chi connectivity index (χ0n) is 26.5. The lowest BCUT2D eigenvalue weighted by atomic mass is 9.98. The topological polar surface area (TPSA) is 29.5 Å². The maximum Gasteiger partial charge on any atom is 0.143 e. The molecule has 3 nitrogen and oxygen atoms in total. The lowest BCUT2D eigenvalue weighted by Crippen LogP contribution is -2.11. The van der Waals surface area contributed by atoms with Gasteiger partial charge in [-0.05, 0) is 70.4 Å². The van der Waals surface area contributed by atoms with Gasteiger partial charge in [0.05, 0.1) is 5.69 Å². The Morgan fingerprint density at radius 2 is 0.959 bits per heavy atom. The van der Waals surface area contributed by atoms with E-state index in [-0.39, 0.29) is 0 Å². The van der Waals surface area contributed by atoms with Crippen molar-refractivity contribution < 1.29 is 8.83 Å². The molecule has 0 saturated carbocycles. The molecule has 10 rings (SSSR count). The summed E-state index contributed by atoms with van der Waals surface area (Å²) in [4.78, 5) is 2.33. The van der Waals surface area contributed by atoms with E-state index in [0.717, 1.165) is 72.1 Å². The molecule has 0 aliphatic carbocycles. The Morgan fingerprint density at radius 3 is 1.82 bits per heavy atom. The summed E-state index contributed by atoms with van der Waals surface area (Å²) in [6.07, 6.45) is 0. The number of nitrogens with zero attached hydrogens (tertiary/aromatic N) is 1. The SMILES string of the molecule is c1ccc(N(c2ccc(-c3ccc4ccccc4c3)cc2)c2ccc3c(c2)oc2ccccc23)c(-c2cccc3c2oc2ccccc23)c1. The van der Waals surface area contributed by atoms with Crippen molar-refractivity contribution in [1.82, 2.24) is 0 Å². The number of rotatable bonds is 5. The summed E-state index contributed by atoms with van der Waals surface area (Å²) in [5.41, 5.74) is 11.1. The molecule has 0 aliphatic heterocycles. The molecule has 10 aromatic rings. The zero-order chi connectivity index (χ0) is 32.3. The number of para-hydroxylation sites is 4. The lowest BCUT2D eigenvalue weighted by molar-refractivity contribution is 0.669. The fourth-order valence-corrected chi connectivity index (χ4v) is 7.31. The van der Waals surface area contributed by atoms with Crippen LogP contribution in [0.2, 0.25) is 0 Å². The van der Waals surface area contributed by atoms with Crippen LogP contribution in [0.4, 0.5) is 17.1 Å². The first-order valence-electron chi connectivity index (χ1n) is 16.6. The molecule has 230 valence electrons. The second-order valence-corrected chi connectivity index (χ2v) is 12.5. The molecule has 2 heterocycles. The van der Waals surface area contributed by atoms with Crippen LogP contribution in [-0.2, 0) is 0 Å². The molecular formula is C46H29NO2. The van der Waals surface area contributed by atoms with Crippen molar-refractivity contribution in [2.24, 2.45) is 0 Å². The van der Waals surface area contributed by atoms with E-state index in [1.807, 2.05) is 24.3 Å². The minimum absolute atomic E-state index is 0.855. The zero-order valence-corrected chi connectivity index (χ0v) is 26.5. The van der Waals surface area contributed by atoms with Crippen LogP contribution in [-0.4, -0.2) is 0 Å². The molecular weight excluding hydrogens is 599 g/mol. The third-order valence-corrected chi connectivity index (χ3v) is 9.67. The van der Waals surface area contributed by atoms with Crippen molar-refractivity contribution in [2.75, 3.05) is 4.90 Å². The van der Waals surface area contributed by atoms with Crippen molar-refractivity contribution >= 4 is 71.7 Å². The van der Waals surface area contributed by atoms with E-state index in [1.165, 1.54) is 21.9 Å². The van der Waals surface area contributed by atoms with Gasteiger partial charge in [-0.3, -0.25) is 0 Å². The van der Waals surface area contributed by atoms with Gasteiger partial charge in [-0.1, -0.05) is 121 Å². The highest BCUT2D eigenvalue weighted by Gasteiger charge is 2.21. The number of fused-ring (bicyclic) bond motifs is 7. The van der Waals surface area contributed by atoms with Crippen molar-refractivity contribution in [3.05, 3.63) is 176 Å². The van der Waals surface area contributed by atoms with E-state index in [4.69, 9.17) is 8.83 Å². The average Bonchev–Trinajstić information content (AvgIpc) is 3.73. The van der Waals surface area contributed by atoms with Crippen molar-refractivity contribution in [3.8, 4) is 22.3 Å². The van der Waals surface area contributed by atoms with Crippen LogP contribution in [0, 0.1) is 0 Å². The first-order chi connectivity index (χ1) is 24.3. The minimum atomic E-state index is 0.855. The summed E-state index contributed by atoms with van der Waals surface area (Å²) in [5, 5.41) is 6.93. The van der Waals surface area contributed by atoms with Gasteiger partial charge < -0.3 is 13.7 Å². The van der Waals surface area contributed by atoms with Crippen LogP contribution >= 0.6 is 0 Å². The van der Waals surface area contributed by atoms with E-state index in [2.05, 4.69) is 157 Å². The molecule has 0 fully saturated rings. The Morgan fingerprint density at radius 1 is 0.347 bits per heavy atom. The van der Waals surface area contributed by atoms with Crippen molar-refractivity contribution in [3.63, 3.8) is 0 Å². The summed E-state index contributed by atoms with van der Waals surface area (Å²) >= 11 is 0. The molecule has 0 N–H and O–H groups in total. The maximum absolute atomic E-state index is 6.54. The highest BCUT2D eigenvalue weighted by molar-refractivity contribution is 6.11. The molecule has 0 radical (unpaired) electrons. The van der Waals surface area contributed by atoms with Gasteiger partial charge >= 0.3 is 0 Å². The predicted octanol–water partition coefficient (Wildman–Crippen LogP) is 13.4. The second-order valence-electron chi connectivity index (χ2n) is 12.5. The van der Waals surface area contributed by atoms with E-state index in [1.54, 1.807) is 0 Å². The molecule has 0 amide bonds. The fourth-order valence-electron chi connectivity index (χ4n) is 7.31. The highest BCUT2D eigenvalue weighted by Crippen LogP contribution is 2.45. The smallest absolute Gasteiger partial charge is 0.143 e. The van der Waals surface area contributed by atoms with Crippen LogP contribution in [0.3, 0.4) is 0 Å². The molecule has 3 heteroatoms. The first-order valence-corrected chi connectivity index (χ1v) is 16.6. The van der Waals surface area contributed by atoms with Gasteiger partial charge in [-0.15, -0.1) is 0 Å². The molecule has 0 unspecified atom stereocenters. The summed E-state index contributed by atoms with van der Waals surface area (Å²) in [5.74, 6) is 0. The Kier molecular flexibility index (Phi) is 6.18.